The van der Waals surface area contributed by atoms with Gasteiger partial charge >= 0.3 is 12.1 Å². The summed E-state index contributed by atoms with van der Waals surface area (Å²) in [5, 5.41) is 0. The first-order valence-electron chi connectivity index (χ1n) is 4.47. The van der Waals surface area contributed by atoms with E-state index in [1.165, 1.54) is 24.3 Å². The van der Waals surface area contributed by atoms with Crippen LogP contribution < -0.4 is 0 Å². The highest BCUT2D eigenvalue weighted by atomic mass is 79.9. The van der Waals surface area contributed by atoms with Gasteiger partial charge in [0.15, 0.2) is 0 Å². The number of carbonyl (C=O) groups is 1. The Morgan fingerprint density at radius 1 is 1.29 bits per heavy atom. The second-order valence-corrected chi connectivity index (χ2v) is 4.00. The number of carbonyl (C=O) groups excluding carboxylic acids is 1. The predicted octanol–water partition coefficient (Wildman–Crippen LogP) is 3.57. The number of rotatable bonds is 2. The Kier molecular flexibility index (Phi) is 4.34. The van der Waals surface area contributed by atoms with E-state index in [1.54, 1.807) is 0 Å². The third kappa shape index (κ3) is 3.89. The van der Waals surface area contributed by atoms with Gasteiger partial charge in [-0.2, -0.15) is 13.2 Å². The molecule has 0 aliphatic rings. The smallest absolute Gasteiger partial charge is 0.417 e. The fourth-order valence-corrected chi connectivity index (χ4v) is 1.40. The van der Waals surface area contributed by atoms with E-state index in [1.807, 2.05) is 0 Å². The van der Waals surface area contributed by atoms with E-state index in [2.05, 4.69) is 20.7 Å². The lowest BCUT2D eigenvalue weighted by atomic mass is 10.1. The maximum absolute atomic E-state index is 12.7. The van der Waals surface area contributed by atoms with Crippen molar-refractivity contribution in [3.63, 3.8) is 0 Å². The third-order valence-corrected chi connectivity index (χ3v) is 2.45. The van der Waals surface area contributed by atoms with Crippen molar-refractivity contribution in [1.82, 2.24) is 0 Å². The van der Waals surface area contributed by atoms with Gasteiger partial charge in [-0.15, -0.1) is 0 Å². The molecule has 0 aromatic heterocycles. The molecule has 92 valence electrons. The Hall–Kier alpha value is -1.30. The van der Waals surface area contributed by atoms with Crippen molar-refractivity contribution in [3.8, 4) is 0 Å². The molecule has 1 rings (SSSR count). The van der Waals surface area contributed by atoms with Gasteiger partial charge in [-0.05, 0) is 17.7 Å². The average Bonchev–Trinajstić information content (AvgIpc) is 2.25. The molecule has 0 N–H and O–H groups in total. The van der Waals surface area contributed by atoms with Gasteiger partial charge in [-0.3, -0.25) is 0 Å². The van der Waals surface area contributed by atoms with Crippen LogP contribution in [0.1, 0.15) is 5.56 Å². The second kappa shape index (κ2) is 5.35. The molecule has 0 amide bonds. The molecule has 0 bridgehead atoms. The minimum atomic E-state index is -4.61. The van der Waals surface area contributed by atoms with Crippen LogP contribution in [0.4, 0.5) is 13.2 Å². The largest absolute Gasteiger partial charge is 0.466 e. The highest BCUT2D eigenvalue weighted by Gasteiger charge is 2.35. The molecule has 17 heavy (non-hydrogen) atoms. The quantitative estimate of drug-likeness (QED) is 0.617. The molecule has 0 aliphatic carbocycles. The summed E-state index contributed by atoms with van der Waals surface area (Å²) in [6.45, 7) is 0. The average molecular weight is 309 g/mol. The molecule has 0 radical (unpaired) electrons. The number of hydrogen-bond donors (Lipinski definition) is 0. The first-order valence-corrected chi connectivity index (χ1v) is 5.26. The van der Waals surface area contributed by atoms with Gasteiger partial charge in [0, 0.05) is 10.5 Å². The second-order valence-electron chi connectivity index (χ2n) is 3.09. The van der Waals surface area contributed by atoms with Crippen molar-refractivity contribution in [2.45, 2.75) is 6.18 Å². The zero-order chi connectivity index (χ0) is 13.1. The zero-order valence-electron chi connectivity index (χ0n) is 8.72. The van der Waals surface area contributed by atoms with E-state index in [0.29, 0.717) is 10.5 Å². The summed E-state index contributed by atoms with van der Waals surface area (Å²) < 4.78 is 43.0. The minimum absolute atomic E-state index is 0.0916. The lowest BCUT2D eigenvalue weighted by molar-refractivity contribution is -0.135. The van der Waals surface area contributed by atoms with Crippen LogP contribution in [0.2, 0.25) is 0 Å². The van der Waals surface area contributed by atoms with Crippen LogP contribution in [-0.4, -0.2) is 19.3 Å². The summed E-state index contributed by atoms with van der Waals surface area (Å²) in [7, 11) is 1.02. The maximum atomic E-state index is 12.7. The Bertz CT molecular complexity index is 435. The van der Waals surface area contributed by atoms with E-state index >= 15 is 0 Å². The van der Waals surface area contributed by atoms with Crippen LogP contribution in [0.5, 0.6) is 0 Å². The highest BCUT2D eigenvalue weighted by molar-refractivity contribution is 9.10. The maximum Gasteiger partial charge on any atom is 0.417 e. The molecule has 6 heteroatoms. The lowest BCUT2D eigenvalue weighted by Gasteiger charge is -2.11. The number of alkyl halides is 3. The van der Waals surface area contributed by atoms with Crippen LogP contribution in [0.3, 0.4) is 0 Å². The Morgan fingerprint density at radius 2 is 1.82 bits per heavy atom. The number of allylic oxidation sites excluding steroid dienone is 1. The van der Waals surface area contributed by atoms with Crippen molar-refractivity contribution in [2.24, 2.45) is 0 Å². The molecule has 0 unspecified atom stereocenters. The SMILES string of the molecule is COC(=O)/C=C(\c1ccc(Br)cc1)C(F)(F)F. The van der Waals surface area contributed by atoms with Gasteiger partial charge in [-0.25, -0.2) is 4.79 Å². The Labute approximate surface area is 104 Å². The summed E-state index contributed by atoms with van der Waals surface area (Å²) >= 11 is 3.12. The molecule has 1 aromatic carbocycles. The summed E-state index contributed by atoms with van der Waals surface area (Å²) in [4.78, 5) is 10.9. The Balaban J connectivity index is 3.21. The monoisotopic (exact) mass is 308 g/mol. The molecule has 0 aliphatic heterocycles. The number of hydrogen-bond acceptors (Lipinski definition) is 2. The van der Waals surface area contributed by atoms with Gasteiger partial charge < -0.3 is 4.74 Å². The molecule has 0 atom stereocenters. The molecule has 1 aromatic rings. The highest BCUT2D eigenvalue weighted by Crippen LogP contribution is 2.34. The molecule has 0 heterocycles. The number of esters is 1. The summed E-state index contributed by atoms with van der Waals surface area (Å²) in [5.74, 6) is -1.04. The summed E-state index contributed by atoms with van der Waals surface area (Å²) in [6.07, 6.45) is -4.18. The van der Waals surface area contributed by atoms with Crippen molar-refractivity contribution >= 4 is 27.5 Å². The molecule has 0 spiro atoms. The zero-order valence-corrected chi connectivity index (χ0v) is 10.3. The molecule has 0 saturated heterocycles. The topological polar surface area (TPSA) is 26.3 Å². The molecule has 2 nitrogen and oxygen atoms in total. The van der Waals surface area contributed by atoms with Gasteiger partial charge in [0.25, 0.3) is 0 Å². The van der Waals surface area contributed by atoms with Crippen LogP contribution >= 0.6 is 15.9 Å². The van der Waals surface area contributed by atoms with Crippen LogP contribution in [0.15, 0.2) is 34.8 Å². The number of halogens is 4. The van der Waals surface area contributed by atoms with Crippen molar-refractivity contribution in [3.05, 3.63) is 40.4 Å². The normalized spacial score (nSPS) is 12.4. The van der Waals surface area contributed by atoms with E-state index in [-0.39, 0.29) is 5.56 Å². The first kappa shape index (κ1) is 13.8. The number of ether oxygens (including phenoxy) is 1. The van der Waals surface area contributed by atoms with Crippen molar-refractivity contribution in [1.29, 1.82) is 0 Å². The number of benzene rings is 1. The van der Waals surface area contributed by atoms with Gasteiger partial charge in [0.1, 0.15) is 0 Å². The standard InChI is InChI=1S/C11H8BrF3O2/c1-17-10(16)6-9(11(13,14)15)7-2-4-8(12)5-3-7/h2-6H,1H3/b9-6+. The third-order valence-electron chi connectivity index (χ3n) is 1.92. The van der Waals surface area contributed by atoms with E-state index in [4.69, 9.17) is 0 Å². The molecular weight excluding hydrogens is 301 g/mol. The fraction of sp³-hybridized carbons (Fsp3) is 0.182. The predicted molar refractivity (Wildman–Crippen MR) is 60.2 cm³/mol. The van der Waals surface area contributed by atoms with E-state index in [0.717, 1.165) is 7.11 Å². The molecule has 0 saturated carbocycles. The first-order chi connectivity index (χ1) is 7.84. The summed E-state index contributed by atoms with van der Waals surface area (Å²) in [6, 6.07) is 5.47. The van der Waals surface area contributed by atoms with E-state index in [9.17, 15) is 18.0 Å². The van der Waals surface area contributed by atoms with Gasteiger partial charge in [-0.1, -0.05) is 28.1 Å². The van der Waals surface area contributed by atoms with Gasteiger partial charge in [0.2, 0.25) is 0 Å². The van der Waals surface area contributed by atoms with Crippen LogP contribution in [0, 0.1) is 0 Å². The Morgan fingerprint density at radius 3 is 2.24 bits per heavy atom. The molecular formula is C11H8BrF3O2. The molecule has 0 fully saturated rings. The van der Waals surface area contributed by atoms with Crippen LogP contribution in [0.25, 0.3) is 5.57 Å². The number of methoxy groups -OCH3 is 1. The lowest BCUT2D eigenvalue weighted by Crippen LogP contribution is -2.13. The van der Waals surface area contributed by atoms with Crippen LogP contribution in [-0.2, 0) is 9.53 Å². The minimum Gasteiger partial charge on any atom is -0.466 e. The van der Waals surface area contributed by atoms with Crippen molar-refractivity contribution < 1.29 is 22.7 Å². The van der Waals surface area contributed by atoms with Crippen molar-refractivity contribution in [2.75, 3.05) is 7.11 Å². The van der Waals surface area contributed by atoms with E-state index < -0.39 is 17.7 Å². The summed E-state index contributed by atoms with van der Waals surface area (Å²) in [5.41, 5.74) is -1.12. The van der Waals surface area contributed by atoms with Gasteiger partial charge in [0.05, 0.1) is 12.7 Å². The fourth-order valence-electron chi connectivity index (χ4n) is 1.14.